The molecule has 0 radical (unpaired) electrons. The normalized spacial score (nSPS) is 16.5. The Labute approximate surface area is 156 Å². The summed E-state index contributed by atoms with van der Waals surface area (Å²) in [5.41, 5.74) is 1.56. The van der Waals surface area contributed by atoms with E-state index in [1.807, 2.05) is 24.3 Å². The third-order valence-corrected chi connectivity index (χ3v) is 4.85. The Morgan fingerprint density at radius 1 is 1.12 bits per heavy atom. The molecular weight excluding hydrogens is 352 g/mol. The molecule has 2 aromatic heterocycles. The van der Waals surface area contributed by atoms with Crippen molar-refractivity contribution >= 4 is 11.6 Å². The lowest BCUT2D eigenvalue weighted by atomic mass is 9.90. The van der Waals surface area contributed by atoms with E-state index in [2.05, 4.69) is 25.6 Å². The summed E-state index contributed by atoms with van der Waals surface area (Å²) in [6, 6.07) is 7.41. The van der Waals surface area contributed by atoms with Gasteiger partial charge in [0.2, 0.25) is 0 Å². The van der Waals surface area contributed by atoms with Gasteiger partial charge in [0.05, 0.1) is 12.7 Å². The average Bonchev–Trinajstić information content (AvgIpc) is 3.13. The second-order valence-corrected chi connectivity index (χ2v) is 6.94. The molecule has 0 saturated carbocycles. The monoisotopic (exact) mass is 370 g/mol. The summed E-state index contributed by atoms with van der Waals surface area (Å²) in [6.45, 7) is 2.06. The summed E-state index contributed by atoms with van der Waals surface area (Å²) in [7, 11) is 0. The lowest BCUT2D eigenvalue weighted by Crippen LogP contribution is -2.40. The highest BCUT2D eigenvalue weighted by atomic mass is 35.5. The van der Waals surface area contributed by atoms with Crippen LogP contribution in [0.2, 0.25) is 5.02 Å². The minimum atomic E-state index is -0.890. The van der Waals surface area contributed by atoms with Crippen molar-refractivity contribution in [2.45, 2.75) is 25.0 Å². The van der Waals surface area contributed by atoms with Crippen molar-refractivity contribution in [3.8, 4) is 11.4 Å². The fourth-order valence-corrected chi connectivity index (χ4v) is 3.18. The van der Waals surface area contributed by atoms with Gasteiger partial charge in [-0.2, -0.15) is 0 Å². The van der Waals surface area contributed by atoms with E-state index in [1.54, 1.807) is 23.3 Å². The minimum absolute atomic E-state index is 0.502. The van der Waals surface area contributed by atoms with Gasteiger partial charge < -0.3 is 10.4 Å². The fraction of sp³-hybridized carbons (Fsp3) is 0.333. The first-order valence-corrected chi connectivity index (χ1v) is 8.91. The van der Waals surface area contributed by atoms with E-state index >= 15 is 0 Å². The minimum Gasteiger partial charge on any atom is -0.383 e. The van der Waals surface area contributed by atoms with Gasteiger partial charge in [-0.1, -0.05) is 16.8 Å². The Morgan fingerprint density at radius 3 is 2.50 bits per heavy atom. The molecule has 0 aliphatic carbocycles. The molecule has 7 nitrogen and oxygen atoms in total. The maximum absolute atomic E-state index is 10.7. The van der Waals surface area contributed by atoms with E-state index < -0.39 is 5.60 Å². The number of aliphatic hydroxyl groups is 1. The van der Waals surface area contributed by atoms with Crippen LogP contribution in [0, 0.1) is 0 Å². The van der Waals surface area contributed by atoms with Crippen LogP contribution in [-0.4, -0.2) is 43.2 Å². The molecule has 0 bridgehead atoms. The van der Waals surface area contributed by atoms with Gasteiger partial charge in [-0.25, -0.2) is 14.6 Å². The number of nitrogens with zero attached hydrogens (tertiary/aromatic N) is 5. The second-order valence-electron chi connectivity index (χ2n) is 6.50. The molecule has 4 rings (SSSR count). The zero-order chi connectivity index (χ0) is 18.0. The summed E-state index contributed by atoms with van der Waals surface area (Å²) < 4.78 is 1.70. The molecule has 1 saturated heterocycles. The van der Waals surface area contributed by atoms with Crippen molar-refractivity contribution in [1.29, 1.82) is 0 Å². The first-order valence-electron chi connectivity index (χ1n) is 8.53. The van der Waals surface area contributed by atoms with Crippen LogP contribution in [0.15, 0.2) is 42.9 Å². The zero-order valence-electron chi connectivity index (χ0n) is 14.1. The zero-order valence-corrected chi connectivity index (χ0v) is 14.9. The fourth-order valence-electron chi connectivity index (χ4n) is 3.06. The van der Waals surface area contributed by atoms with Crippen molar-refractivity contribution in [2.24, 2.45) is 0 Å². The van der Waals surface area contributed by atoms with Crippen molar-refractivity contribution in [2.75, 3.05) is 13.1 Å². The van der Waals surface area contributed by atoms with Crippen molar-refractivity contribution in [3.63, 3.8) is 0 Å². The molecule has 0 amide bonds. The summed E-state index contributed by atoms with van der Waals surface area (Å²) in [5.74, 6) is 0.647. The summed E-state index contributed by atoms with van der Waals surface area (Å²) in [6.07, 6.45) is 6.64. The van der Waals surface area contributed by atoms with Crippen LogP contribution in [0.4, 0.5) is 0 Å². The predicted octanol–water partition coefficient (Wildman–Crippen LogP) is 2.01. The highest BCUT2D eigenvalue weighted by molar-refractivity contribution is 6.30. The lowest BCUT2D eigenvalue weighted by Gasteiger charge is -2.30. The maximum atomic E-state index is 10.7. The molecule has 26 heavy (non-hydrogen) atoms. The number of nitrogens with one attached hydrogen (secondary N) is 1. The third kappa shape index (κ3) is 3.60. The number of piperidine rings is 1. The first kappa shape index (κ1) is 17.1. The molecule has 134 valence electrons. The predicted molar refractivity (Wildman–Crippen MR) is 97.6 cm³/mol. The van der Waals surface area contributed by atoms with Crippen LogP contribution in [0.1, 0.15) is 24.1 Å². The van der Waals surface area contributed by atoms with Crippen molar-refractivity contribution < 1.29 is 5.11 Å². The highest BCUT2D eigenvalue weighted by Crippen LogP contribution is 2.28. The number of hydrogen-bond acceptors (Lipinski definition) is 6. The van der Waals surface area contributed by atoms with Gasteiger partial charge in [0.25, 0.3) is 0 Å². The molecule has 1 aliphatic rings. The summed E-state index contributed by atoms with van der Waals surface area (Å²) in [5, 5.41) is 22.9. The highest BCUT2D eigenvalue weighted by Gasteiger charge is 2.33. The van der Waals surface area contributed by atoms with Gasteiger partial charge in [-0.15, -0.1) is 5.10 Å². The van der Waals surface area contributed by atoms with E-state index in [0.717, 1.165) is 24.2 Å². The maximum Gasteiger partial charge on any atom is 0.159 e. The van der Waals surface area contributed by atoms with E-state index in [1.165, 1.54) is 0 Å². The second kappa shape index (κ2) is 7.11. The first-order chi connectivity index (χ1) is 12.6. The Kier molecular flexibility index (Phi) is 4.67. The molecule has 0 spiro atoms. The van der Waals surface area contributed by atoms with Gasteiger partial charge in [0.15, 0.2) is 5.82 Å². The Bertz CT molecular complexity index is 871. The number of halogens is 1. The van der Waals surface area contributed by atoms with Crippen LogP contribution in [0.5, 0.6) is 0 Å². The van der Waals surface area contributed by atoms with E-state index in [9.17, 15) is 5.11 Å². The molecular formula is C18H19ClN6O. The van der Waals surface area contributed by atoms with Crippen LogP contribution >= 0.6 is 11.6 Å². The smallest absolute Gasteiger partial charge is 0.159 e. The topological polar surface area (TPSA) is 88.8 Å². The van der Waals surface area contributed by atoms with Crippen molar-refractivity contribution in [3.05, 3.63) is 59.1 Å². The number of rotatable bonds is 4. The molecule has 1 fully saturated rings. The van der Waals surface area contributed by atoms with Crippen LogP contribution < -0.4 is 5.32 Å². The van der Waals surface area contributed by atoms with Gasteiger partial charge in [0, 0.05) is 28.5 Å². The Morgan fingerprint density at radius 2 is 1.81 bits per heavy atom. The number of hydrogen-bond donors (Lipinski definition) is 2. The lowest BCUT2D eigenvalue weighted by molar-refractivity contribution is 0.00176. The van der Waals surface area contributed by atoms with E-state index in [4.69, 9.17) is 11.6 Å². The Balaban J connectivity index is 1.47. The van der Waals surface area contributed by atoms with Crippen LogP contribution in [-0.2, 0) is 12.1 Å². The summed E-state index contributed by atoms with van der Waals surface area (Å²) in [4.78, 5) is 8.82. The SMILES string of the molecule is OC1(c2cn(Cc3cnc(-c4ccc(Cl)cc4)nc3)nn2)CCNCC1. The molecule has 0 unspecified atom stereocenters. The molecule has 1 aromatic carbocycles. The molecule has 0 atom stereocenters. The van der Waals surface area contributed by atoms with Gasteiger partial charge >= 0.3 is 0 Å². The van der Waals surface area contributed by atoms with Crippen LogP contribution in [0.25, 0.3) is 11.4 Å². The molecule has 3 heterocycles. The Hall–Kier alpha value is -2.35. The van der Waals surface area contributed by atoms with Crippen LogP contribution in [0.3, 0.4) is 0 Å². The average molecular weight is 371 g/mol. The van der Waals surface area contributed by atoms with Gasteiger partial charge in [-0.3, -0.25) is 0 Å². The molecule has 8 heteroatoms. The van der Waals surface area contributed by atoms with Gasteiger partial charge in [0.1, 0.15) is 11.3 Å². The molecule has 1 aliphatic heterocycles. The van der Waals surface area contributed by atoms with Crippen molar-refractivity contribution in [1.82, 2.24) is 30.3 Å². The number of benzene rings is 1. The number of aromatic nitrogens is 5. The largest absolute Gasteiger partial charge is 0.383 e. The third-order valence-electron chi connectivity index (χ3n) is 4.60. The summed E-state index contributed by atoms with van der Waals surface area (Å²) >= 11 is 5.90. The molecule has 3 aromatic rings. The van der Waals surface area contributed by atoms with Gasteiger partial charge in [-0.05, 0) is 50.2 Å². The standard InChI is InChI=1S/C18H19ClN6O/c19-15-3-1-14(2-4-15)17-21-9-13(10-22-17)11-25-12-16(23-24-25)18(26)5-7-20-8-6-18/h1-4,9-10,12,20,26H,5-8,11H2. The quantitative estimate of drug-likeness (QED) is 0.730. The van der Waals surface area contributed by atoms with E-state index in [-0.39, 0.29) is 0 Å². The van der Waals surface area contributed by atoms with E-state index in [0.29, 0.717) is 35.9 Å². The molecule has 2 N–H and O–H groups in total.